The van der Waals surface area contributed by atoms with Crippen molar-refractivity contribution < 1.29 is 4.84 Å². The molecule has 0 bridgehead atoms. The number of aryl methyl sites for hydroxylation is 1. The van der Waals surface area contributed by atoms with Crippen molar-refractivity contribution in [2.24, 2.45) is 24.0 Å². The molecule has 0 saturated heterocycles. The monoisotopic (exact) mass is 504 g/mol. The van der Waals surface area contributed by atoms with Gasteiger partial charge in [-0.25, -0.2) is 4.98 Å². The van der Waals surface area contributed by atoms with E-state index in [1.807, 2.05) is 30.1 Å². The van der Waals surface area contributed by atoms with E-state index >= 15 is 0 Å². The lowest BCUT2D eigenvalue weighted by Gasteiger charge is -2.36. The molecule has 0 unspecified atom stereocenters. The minimum atomic E-state index is -0.331. The normalized spacial score (nSPS) is 20.2. The standard InChI is InChI=1S/C27H29ClN6O2/c1-33(26-20(15-29)27(35)34(2)22-12-13-23(28)31-25(22)26)19-10-8-18(9-11-19)24(21-5-3-4-14-30-21)32-36-16-17-6-7-17/h3-5,12-14,17-19H,6-11,16H2,1-2H3/b32-24+/t18-,19-. The Labute approximate surface area is 215 Å². The number of nitriles is 1. The second kappa shape index (κ2) is 10.3. The van der Waals surface area contributed by atoms with Gasteiger partial charge in [-0.3, -0.25) is 9.78 Å². The Morgan fingerprint density at radius 2 is 2.00 bits per heavy atom. The predicted octanol–water partition coefficient (Wildman–Crippen LogP) is 4.68. The minimum Gasteiger partial charge on any atom is -0.395 e. The van der Waals surface area contributed by atoms with Crippen molar-refractivity contribution in [3.05, 3.63) is 63.3 Å². The molecule has 0 spiro atoms. The van der Waals surface area contributed by atoms with Gasteiger partial charge in [0.25, 0.3) is 5.56 Å². The van der Waals surface area contributed by atoms with Crippen molar-refractivity contribution in [2.75, 3.05) is 18.6 Å². The van der Waals surface area contributed by atoms with E-state index in [4.69, 9.17) is 16.4 Å². The van der Waals surface area contributed by atoms with Gasteiger partial charge in [0.2, 0.25) is 0 Å². The van der Waals surface area contributed by atoms with Crippen LogP contribution in [0.25, 0.3) is 11.0 Å². The summed E-state index contributed by atoms with van der Waals surface area (Å²) >= 11 is 6.22. The molecule has 0 aromatic carbocycles. The third-order valence-corrected chi connectivity index (χ3v) is 7.58. The number of nitrogens with zero attached hydrogens (tertiary/aromatic N) is 6. The molecule has 0 N–H and O–H groups in total. The Balaban J connectivity index is 1.40. The predicted molar refractivity (Wildman–Crippen MR) is 140 cm³/mol. The van der Waals surface area contributed by atoms with Crippen LogP contribution < -0.4 is 10.5 Å². The first-order chi connectivity index (χ1) is 17.5. The summed E-state index contributed by atoms with van der Waals surface area (Å²) in [7, 11) is 3.59. The van der Waals surface area contributed by atoms with Gasteiger partial charge in [-0.1, -0.05) is 22.8 Å². The number of halogens is 1. The van der Waals surface area contributed by atoms with Crippen LogP contribution in [0.2, 0.25) is 5.15 Å². The maximum Gasteiger partial charge on any atom is 0.270 e. The zero-order chi connectivity index (χ0) is 25.2. The lowest BCUT2D eigenvalue weighted by molar-refractivity contribution is 0.131. The molecular weight excluding hydrogens is 476 g/mol. The molecule has 3 aromatic heterocycles. The van der Waals surface area contributed by atoms with Gasteiger partial charge in [0.1, 0.15) is 34.6 Å². The summed E-state index contributed by atoms with van der Waals surface area (Å²) in [5.74, 6) is 0.861. The van der Waals surface area contributed by atoms with E-state index in [-0.39, 0.29) is 23.1 Å². The van der Waals surface area contributed by atoms with E-state index in [0.717, 1.165) is 37.1 Å². The highest BCUT2D eigenvalue weighted by Crippen LogP contribution is 2.35. The molecule has 3 heterocycles. The molecule has 9 heteroatoms. The SMILES string of the molecule is Cn1c(=O)c(C#N)c(N(C)[C@H]2CC[C@H](/C(=N\OCC3CC3)c3ccccn3)CC2)c2nc(Cl)ccc21. The van der Waals surface area contributed by atoms with Crippen LogP contribution >= 0.6 is 11.6 Å². The van der Waals surface area contributed by atoms with Crippen LogP contribution in [0.15, 0.2) is 46.5 Å². The van der Waals surface area contributed by atoms with E-state index in [2.05, 4.69) is 21.2 Å². The molecule has 0 aliphatic heterocycles. The fourth-order valence-electron chi connectivity index (χ4n) is 5.07. The summed E-state index contributed by atoms with van der Waals surface area (Å²) in [4.78, 5) is 29.8. The van der Waals surface area contributed by atoms with Crippen LogP contribution in [0.5, 0.6) is 0 Å². The maximum absolute atomic E-state index is 13.0. The summed E-state index contributed by atoms with van der Waals surface area (Å²) < 4.78 is 1.46. The third kappa shape index (κ3) is 4.80. The molecular formula is C27H29ClN6O2. The van der Waals surface area contributed by atoms with Crippen molar-refractivity contribution in [1.29, 1.82) is 5.26 Å². The molecule has 5 rings (SSSR count). The number of aromatic nitrogens is 3. The van der Waals surface area contributed by atoms with Crippen molar-refractivity contribution in [1.82, 2.24) is 14.5 Å². The van der Waals surface area contributed by atoms with Gasteiger partial charge < -0.3 is 14.3 Å². The molecule has 2 fully saturated rings. The summed E-state index contributed by atoms with van der Waals surface area (Å²) in [6.45, 7) is 0.664. The second-order valence-electron chi connectivity index (χ2n) is 9.75. The van der Waals surface area contributed by atoms with E-state index in [0.29, 0.717) is 34.4 Å². The summed E-state index contributed by atoms with van der Waals surface area (Å²) in [5, 5.41) is 14.8. The average Bonchev–Trinajstić information content (AvgIpc) is 3.73. The number of oxime groups is 1. The minimum absolute atomic E-state index is 0.0913. The lowest BCUT2D eigenvalue weighted by atomic mass is 9.81. The zero-order valence-electron chi connectivity index (χ0n) is 20.5. The molecule has 0 amide bonds. The molecule has 186 valence electrons. The Bertz CT molecular complexity index is 1390. The van der Waals surface area contributed by atoms with Crippen LogP contribution in [0, 0.1) is 23.2 Å². The summed E-state index contributed by atoms with van der Waals surface area (Å²) in [6.07, 6.45) is 7.76. The van der Waals surface area contributed by atoms with Crippen LogP contribution in [0.1, 0.15) is 49.8 Å². The van der Waals surface area contributed by atoms with Crippen molar-refractivity contribution in [3.63, 3.8) is 0 Å². The third-order valence-electron chi connectivity index (χ3n) is 7.37. The second-order valence-corrected chi connectivity index (χ2v) is 10.1. The topological polar surface area (TPSA) is 96.4 Å². The van der Waals surface area contributed by atoms with Crippen LogP contribution in [-0.4, -0.2) is 39.9 Å². The Morgan fingerprint density at radius 1 is 1.22 bits per heavy atom. The van der Waals surface area contributed by atoms with Gasteiger partial charge in [0.05, 0.1) is 16.9 Å². The van der Waals surface area contributed by atoms with Crippen LogP contribution in [-0.2, 0) is 11.9 Å². The van der Waals surface area contributed by atoms with E-state index in [1.54, 1.807) is 25.4 Å². The molecule has 2 aliphatic carbocycles. The van der Waals surface area contributed by atoms with E-state index in [9.17, 15) is 10.1 Å². The van der Waals surface area contributed by atoms with Gasteiger partial charge >= 0.3 is 0 Å². The lowest BCUT2D eigenvalue weighted by Crippen LogP contribution is -2.39. The molecule has 0 atom stereocenters. The molecule has 2 aliphatic rings. The summed E-state index contributed by atoms with van der Waals surface area (Å²) in [6, 6.07) is 11.6. The number of anilines is 1. The molecule has 36 heavy (non-hydrogen) atoms. The van der Waals surface area contributed by atoms with Gasteiger partial charge in [-0.15, -0.1) is 0 Å². The van der Waals surface area contributed by atoms with Gasteiger partial charge in [0, 0.05) is 32.3 Å². The van der Waals surface area contributed by atoms with E-state index < -0.39 is 0 Å². The largest absolute Gasteiger partial charge is 0.395 e. The fourth-order valence-corrected chi connectivity index (χ4v) is 5.22. The molecule has 8 nitrogen and oxygen atoms in total. The number of hydrogen-bond donors (Lipinski definition) is 0. The van der Waals surface area contributed by atoms with Gasteiger partial charge in [-0.05, 0) is 68.7 Å². The molecule has 2 saturated carbocycles. The highest BCUT2D eigenvalue weighted by molar-refractivity contribution is 6.29. The number of rotatable bonds is 7. The number of fused-ring (bicyclic) bond motifs is 1. The molecule has 3 aromatic rings. The van der Waals surface area contributed by atoms with Crippen LogP contribution in [0.4, 0.5) is 5.69 Å². The fraction of sp³-hybridized carbons (Fsp3) is 0.444. The smallest absolute Gasteiger partial charge is 0.270 e. The van der Waals surface area contributed by atoms with Gasteiger partial charge in [0.15, 0.2) is 0 Å². The number of hydrogen-bond acceptors (Lipinski definition) is 7. The van der Waals surface area contributed by atoms with Crippen LogP contribution in [0.3, 0.4) is 0 Å². The van der Waals surface area contributed by atoms with Crippen molar-refractivity contribution in [2.45, 2.75) is 44.6 Å². The van der Waals surface area contributed by atoms with Gasteiger partial charge in [-0.2, -0.15) is 5.26 Å². The Morgan fingerprint density at radius 3 is 2.67 bits per heavy atom. The molecule has 0 radical (unpaired) electrons. The quantitative estimate of drug-likeness (QED) is 0.263. The average molecular weight is 505 g/mol. The highest BCUT2D eigenvalue weighted by Gasteiger charge is 2.31. The maximum atomic E-state index is 13.0. The van der Waals surface area contributed by atoms with Crippen molar-refractivity contribution in [3.8, 4) is 6.07 Å². The first kappa shape index (κ1) is 24.3. The van der Waals surface area contributed by atoms with Crippen molar-refractivity contribution >= 4 is 34.0 Å². The summed E-state index contributed by atoms with van der Waals surface area (Å²) in [5.41, 5.74) is 3.28. The zero-order valence-corrected chi connectivity index (χ0v) is 21.3. The highest BCUT2D eigenvalue weighted by atomic mass is 35.5. The Kier molecular flexibility index (Phi) is 6.92. The van der Waals surface area contributed by atoms with E-state index in [1.165, 1.54) is 17.4 Å². The first-order valence-electron chi connectivity index (χ1n) is 12.4. The number of pyridine rings is 3. The Hall–Kier alpha value is -3.44. The first-order valence-corrected chi connectivity index (χ1v) is 12.8.